The first-order valence-corrected chi connectivity index (χ1v) is 5.35. The molecule has 2 heteroatoms. The van der Waals surface area contributed by atoms with Crippen molar-refractivity contribution in [1.82, 2.24) is 0 Å². The van der Waals surface area contributed by atoms with Crippen molar-refractivity contribution >= 4 is 11.5 Å². The maximum Gasteiger partial charge on any atom is 0.134 e. The lowest BCUT2D eigenvalue weighted by molar-refractivity contribution is -0.116. The fourth-order valence-electron chi connectivity index (χ4n) is 1.20. The van der Waals surface area contributed by atoms with E-state index in [4.69, 9.17) is 0 Å². The van der Waals surface area contributed by atoms with E-state index in [0.717, 1.165) is 11.3 Å². The first-order chi connectivity index (χ1) is 7.09. The number of benzene rings is 1. The molecule has 2 nitrogen and oxygen atoms in total. The molecular formula is C13H21NO. The highest BCUT2D eigenvalue weighted by atomic mass is 16.1. The molecule has 1 rings (SSSR count). The molecule has 0 spiro atoms. The number of hydrogen-bond donors (Lipinski definition) is 0. The third kappa shape index (κ3) is 5.21. The molecule has 0 radical (unpaired) electrons. The molecule has 0 bridgehead atoms. The van der Waals surface area contributed by atoms with E-state index < -0.39 is 0 Å². The monoisotopic (exact) mass is 207 g/mol. The summed E-state index contributed by atoms with van der Waals surface area (Å²) in [5, 5.41) is 0. The van der Waals surface area contributed by atoms with E-state index in [-0.39, 0.29) is 5.78 Å². The lowest BCUT2D eigenvalue weighted by Crippen LogP contribution is -2.08. The molecule has 0 N–H and O–H groups in total. The van der Waals surface area contributed by atoms with Gasteiger partial charge >= 0.3 is 0 Å². The predicted octanol–water partition coefficient (Wildman–Crippen LogP) is 2.91. The molecule has 0 unspecified atom stereocenters. The summed E-state index contributed by atoms with van der Waals surface area (Å²) >= 11 is 0. The van der Waals surface area contributed by atoms with Crippen LogP contribution in [0.25, 0.3) is 0 Å². The van der Waals surface area contributed by atoms with E-state index in [0.29, 0.717) is 6.42 Å². The van der Waals surface area contributed by atoms with Gasteiger partial charge in [0.05, 0.1) is 0 Å². The number of rotatable bonds is 3. The summed E-state index contributed by atoms with van der Waals surface area (Å²) in [7, 11) is 4.00. The highest BCUT2D eigenvalue weighted by molar-refractivity contribution is 5.78. The molecule has 0 aromatic heterocycles. The average molecular weight is 207 g/mol. The Labute approximate surface area is 92.9 Å². The molecule has 0 aliphatic heterocycles. The van der Waals surface area contributed by atoms with Gasteiger partial charge in [-0.1, -0.05) is 26.0 Å². The lowest BCUT2D eigenvalue weighted by atomic mass is 10.1. The second kappa shape index (κ2) is 7.04. The second-order valence-electron chi connectivity index (χ2n) is 3.44. The number of anilines is 1. The van der Waals surface area contributed by atoms with Gasteiger partial charge in [0.1, 0.15) is 5.78 Å². The number of carbonyl (C=O) groups excluding carboxylic acids is 1. The van der Waals surface area contributed by atoms with Gasteiger partial charge in [-0.3, -0.25) is 4.79 Å². The van der Waals surface area contributed by atoms with Gasteiger partial charge in [-0.05, 0) is 24.6 Å². The van der Waals surface area contributed by atoms with Crippen LogP contribution in [0.3, 0.4) is 0 Å². The second-order valence-corrected chi connectivity index (χ2v) is 3.44. The van der Waals surface area contributed by atoms with Crippen LogP contribution in [0.2, 0.25) is 0 Å². The van der Waals surface area contributed by atoms with Gasteiger partial charge in [-0.2, -0.15) is 0 Å². The Hall–Kier alpha value is -1.31. The van der Waals surface area contributed by atoms with Gasteiger partial charge in [0.25, 0.3) is 0 Å². The summed E-state index contributed by atoms with van der Waals surface area (Å²) in [4.78, 5) is 12.9. The van der Waals surface area contributed by atoms with Crippen LogP contribution in [-0.2, 0) is 11.2 Å². The van der Waals surface area contributed by atoms with Crippen molar-refractivity contribution in [1.29, 1.82) is 0 Å². The highest BCUT2D eigenvalue weighted by Gasteiger charge is 1.98. The maximum atomic E-state index is 10.8. The molecular weight excluding hydrogens is 186 g/mol. The number of ketones is 1. The summed E-state index contributed by atoms with van der Waals surface area (Å²) in [5.41, 5.74) is 2.24. The average Bonchev–Trinajstić information content (AvgIpc) is 2.20. The minimum absolute atomic E-state index is 0.206. The maximum absolute atomic E-state index is 10.8. The Morgan fingerprint density at radius 2 is 1.60 bits per heavy atom. The van der Waals surface area contributed by atoms with Crippen LogP contribution in [0.4, 0.5) is 5.69 Å². The number of nitrogens with zero attached hydrogens (tertiary/aromatic N) is 1. The van der Waals surface area contributed by atoms with Crippen molar-refractivity contribution in [2.45, 2.75) is 27.2 Å². The molecule has 1 aromatic carbocycles. The van der Waals surface area contributed by atoms with Crippen LogP contribution in [0.15, 0.2) is 24.3 Å². The quantitative estimate of drug-likeness (QED) is 0.759. The fraction of sp³-hybridized carbons (Fsp3) is 0.462. The van der Waals surface area contributed by atoms with Crippen LogP contribution in [0, 0.1) is 0 Å². The Kier molecular flexibility index (Phi) is 6.43. The van der Waals surface area contributed by atoms with Crippen LogP contribution in [0.5, 0.6) is 0 Å². The van der Waals surface area contributed by atoms with Crippen molar-refractivity contribution in [3.05, 3.63) is 29.8 Å². The molecule has 0 aliphatic carbocycles. The summed E-state index contributed by atoms with van der Waals surface area (Å²) in [5.74, 6) is 0.206. The predicted molar refractivity (Wildman–Crippen MR) is 66.5 cm³/mol. The highest BCUT2D eigenvalue weighted by Crippen LogP contribution is 2.12. The molecule has 0 amide bonds. The van der Waals surface area contributed by atoms with Gasteiger partial charge < -0.3 is 4.90 Å². The number of carbonyl (C=O) groups is 1. The van der Waals surface area contributed by atoms with E-state index in [2.05, 4.69) is 0 Å². The minimum atomic E-state index is 0.206. The SMILES string of the molecule is CC.CC(=O)Cc1ccc(N(C)C)cc1. The summed E-state index contributed by atoms with van der Waals surface area (Å²) in [6.45, 7) is 5.61. The Morgan fingerprint density at radius 3 is 1.93 bits per heavy atom. The first-order valence-electron chi connectivity index (χ1n) is 5.35. The summed E-state index contributed by atoms with van der Waals surface area (Å²) in [6, 6.07) is 8.05. The van der Waals surface area contributed by atoms with E-state index in [9.17, 15) is 4.79 Å². The van der Waals surface area contributed by atoms with Crippen LogP contribution >= 0.6 is 0 Å². The standard InChI is InChI=1S/C11H15NO.C2H6/c1-9(13)8-10-4-6-11(7-5-10)12(2)3;1-2/h4-7H,8H2,1-3H3;1-2H3. The normalized spacial score (nSPS) is 8.87. The zero-order valence-corrected chi connectivity index (χ0v) is 10.4. The smallest absolute Gasteiger partial charge is 0.134 e. The molecule has 0 saturated heterocycles. The fourth-order valence-corrected chi connectivity index (χ4v) is 1.20. The molecule has 0 fully saturated rings. The van der Waals surface area contributed by atoms with Gasteiger partial charge in [-0.25, -0.2) is 0 Å². The molecule has 1 aromatic rings. The molecule has 15 heavy (non-hydrogen) atoms. The Bertz CT molecular complexity index is 288. The molecule has 0 aliphatic rings. The first kappa shape index (κ1) is 13.7. The van der Waals surface area contributed by atoms with Crippen LogP contribution in [-0.4, -0.2) is 19.9 Å². The van der Waals surface area contributed by atoms with Crippen molar-refractivity contribution in [2.75, 3.05) is 19.0 Å². The molecule has 84 valence electrons. The van der Waals surface area contributed by atoms with E-state index in [1.54, 1.807) is 6.92 Å². The Balaban J connectivity index is 0.000000921. The van der Waals surface area contributed by atoms with Crippen molar-refractivity contribution in [3.63, 3.8) is 0 Å². The third-order valence-corrected chi connectivity index (χ3v) is 1.91. The van der Waals surface area contributed by atoms with Gasteiger partial charge in [0, 0.05) is 26.2 Å². The van der Waals surface area contributed by atoms with Crippen molar-refractivity contribution in [3.8, 4) is 0 Å². The third-order valence-electron chi connectivity index (χ3n) is 1.91. The van der Waals surface area contributed by atoms with E-state index in [1.165, 1.54) is 0 Å². The van der Waals surface area contributed by atoms with Crippen molar-refractivity contribution < 1.29 is 4.79 Å². The number of hydrogen-bond acceptors (Lipinski definition) is 2. The van der Waals surface area contributed by atoms with E-state index >= 15 is 0 Å². The number of Topliss-reactive ketones (excluding diaryl/α,β-unsaturated/α-hetero) is 1. The molecule has 0 atom stereocenters. The lowest BCUT2D eigenvalue weighted by Gasteiger charge is -2.12. The van der Waals surface area contributed by atoms with Crippen LogP contribution < -0.4 is 4.90 Å². The topological polar surface area (TPSA) is 20.3 Å². The molecule has 0 heterocycles. The van der Waals surface area contributed by atoms with Gasteiger partial charge in [0.15, 0.2) is 0 Å². The van der Waals surface area contributed by atoms with Crippen molar-refractivity contribution in [2.24, 2.45) is 0 Å². The van der Waals surface area contributed by atoms with E-state index in [1.807, 2.05) is 57.1 Å². The van der Waals surface area contributed by atoms with Crippen LogP contribution in [0.1, 0.15) is 26.3 Å². The largest absolute Gasteiger partial charge is 0.378 e. The van der Waals surface area contributed by atoms with Gasteiger partial charge in [0.2, 0.25) is 0 Å². The van der Waals surface area contributed by atoms with Gasteiger partial charge in [-0.15, -0.1) is 0 Å². The zero-order chi connectivity index (χ0) is 11.8. The minimum Gasteiger partial charge on any atom is -0.378 e. The summed E-state index contributed by atoms with van der Waals surface area (Å²) < 4.78 is 0. The Morgan fingerprint density at radius 1 is 1.13 bits per heavy atom. The summed E-state index contributed by atoms with van der Waals surface area (Å²) in [6.07, 6.45) is 0.535. The zero-order valence-electron chi connectivity index (χ0n) is 10.4. The molecule has 0 saturated carbocycles.